The highest BCUT2D eigenvalue weighted by Gasteiger charge is 2.20. The van der Waals surface area contributed by atoms with Crippen molar-refractivity contribution in [3.8, 4) is 0 Å². The Labute approximate surface area is 65.5 Å². The Hall–Kier alpha value is -1.06. The van der Waals surface area contributed by atoms with Crippen molar-refractivity contribution in [3.05, 3.63) is 0 Å². The highest BCUT2D eigenvalue weighted by Crippen LogP contribution is 2.07. The van der Waals surface area contributed by atoms with Crippen LogP contribution in [0.4, 0.5) is 0 Å². The molecule has 0 aliphatic rings. The molecule has 0 aromatic carbocycles. The van der Waals surface area contributed by atoms with Crippen molar-refractivity contribution in [2.45, 2.75) is 26.4 Å². The Kier molecular flexibility index (Phi) is 3.57. The second-order valence-electron chi connectivity index (χ2n) is 2.73. The number of carbonyl (C=O) groups is 1. The maximum atomic E-state index is 10.3. The summed E-state index contributed by atoms with van der Waals surface area (Å²) in [6, 6.07) is 0. The van der Waals surface area contributed by atoms with E-state index >= 15 is 0 Å². The predicted molar refractivity (Wildman–Crippen MR) is 37.5 cm³/mol. The van der Waals surface area contributed by atoms with Crippen molar-refractivity contribution in [1.82, 2.24) is 0 Å². The van der Waals surface area contributed by atoms with E-state index in [0.717, 1.165) is 0 Å². The van der Waals surface area contributed by atoms with Gasteiger partial charge >= 0.3 is 12.4 Å². The second kappa shape index (κ2) is 3.95. The van der Waals surface area contributed by atoms with Crippen molar-refractivity contribution in [3.63, 3.8) is 0 Å². The highest BCUT2D eigenvalue weighted by atomic mass is 16.6. The number of rotatable bonds is 4. The average Bonchev–Trinajstić information content (AvgIpc) is 1.84. The third-order valence-electron chi connectivity index (χ3n) is 0.941. The van der Waals surface area contributed by atoms with Crippen LogP contribution in [0.5, 0.6) is 0 Å². The molecule has 0 aliphatic carbocycles. The lowest BCUT2D eigenvalue weighted by molar-refractivity contribution is -0.146. The monoisotopic (exact) mass is 159 g/mol. The van der Waals surface area contributed by atoms with Crippen LogP contribution in [0.3, 0.4) is 0 Å². The molecule has 0 amide bonds. The summed E-state index contributed by atoms with van der Waals surface area (Å²) < 4.78 is 9.11. The van der Waals surface area contributed by atoms with Crippen LogP contribution >= 0.6 is 0 Å². The molecule has 1 radical (unpaired) electrons. The lowest BCUT2D eigenvalue weighted by Gasteiger charge is -2.20. The quantitative estimate of drug-likeness (QED) is 0.557. The van der Waals surface area contributed by atoms with Gasteiger partial charge in [-0.05, 0) is 13.8 Å². The molecular formula is C7H11O4. The summed E-state index contributed by atoms with van der Waals surface area (Å²) in [4.78, 5) is 20.1. The molecule has 11 heavy (non-hydrogen) atoms. The van der Waals surface area contributed by atoms with Gasteiger partial charge in [-0.2, -0.15) is 0 Å². The summed E-state index contributed by atoms with van der Waals surface area (Å²) in [5.41, 5.74) is -0.784. The normalized spacial score (nSPS) is 10.5. The lowest BCUT2D eigenvalue weighted by Crippen LogP contribution is -2.31. The van der Waals surface area contributed by atoms with Gasteiger partial charge in [0.25, 0.3) is 0 Å². The van der Waals surface area contributed by atoms with E-state index < -0.39 is 11.6 Å². The number of esters is 1. The molecule has 0 N–H and O–H groups in total. The van der Waals surface area contributed by atoms with Crippen LogP contribution in [-0.4, -0.2) is 24.6 Å². The van der Waals surface area contributed by atoms with Gasteiger partial charge in [-0.25, -0.2) is 4.79 Å². The van der Waals surface area contributed by atoms with Crippen molar-refractivity contribution in [2.24, 2.45) is 0 Å². The van der Waals surface area contributed by atoms with Crippen molar-refractivity contribution in [1.29, 1.82) is 0 Å². The zero-order valence-electron chi connectivity index (χ0n) is 6.84. The van der Waals surface area contributed by atoms with Crippen LogP contribution in [0.1, 0.15) is 20.8 Å². The van der Waals surface area contributed by atoms with Gasteiger partial charge in [0.2, 0.25) is 0 Å². The molecule has 0 saturated heterocycles. The number of hydrogen-bond donors (Lipinski definition) is 0. The van der Waals surface area contributed by atoms with Crippen LogP contribution < -0.4 is 0 Å². The summed E-state index contributed by atoms with van der Waals surface area (Å²) in [5.74, 6) is -0.396. The van der Waals surface area contributed by atoms with Gasteiger partial charge in [0.1, 0.15) is 12.2 Å². The van der Waals surface area contributed by atoms with E-state index in [1.165, 1.54) is 13.4 Å². The minimum atomic E-state index is -0.784. The maximum Gasteiger partial charge on any atom is 0.418 e. The van der Waals surface area contributed by atoms with E-state index in [1.807, 2.05) is 0 Å². The molecule has 0 aliphatic heterocycles. The highest BCUT2D eigenvalue weighted by molar-refractivity contribution is 5.65. The summed E-state index contributed by atoms with van der Waals surface area (Å²) >= 11 is 0. The molecule has 0 saturated carbocycles. The summed E-state index contributed by atoms with van der Waals surface area (Å²) in [6.07, 6.45) is 0. The topological polar surface area (TPSA) is 52.6 Å². The van der Waals surface area contributed by atoms with Crippen LogP contribution in [-0.2, 0) is 19.1 Å². The van der Waals surface area contributed by atoms with E-state index in [9.17, 15) is 9.59 Å². The third kappa shape index (κ3) is 5.39. The number of carbonyl (C=O) groups excluding carboxylic acids is 2. The molecule has 0 heterocycles. The van der Waals surface area contributed by atoms with Gasteiger partial charge in [-0.15, -0.1) is 0 Å². The molecule has 0 unspecified atom stereocenters. The van der Waals surface area contributed by atoms with Crippen molar-refractivity contribution in [2.75, 3.05) is 6.61 Å². The zero-order valence-corrected chi connectivity index (χ0v) is 6.84. The fourth-order valence-corrected chi connectivity index (χ4v) is 0.418. The Bertz CT molecular complexity index is 151. The average molecular weight is 159 g/mol. The standard InChI is InChI=1S/C7H11O4/c1-6(9)10-4-7(2,3)11-5-8/h4H2,1-3H3. The van der Waals surface area contributed by atoms with E-state index in [4.69, 9.17) is 0 Å². The van der Waals surface area contributed by atoms with Gasteiger partial charge < -0.3 is 9.47 Å². The molecule has 0 rings (SSSR count). The lowest BCUT2D eigenvalue weighted by atomic mass is 10.1. The predicted octanol–water partition coefficient (Wildman–Crippen LogP) is 0.412. The SMILES string of the molecule is CC(=O)OCC(C)(C)O[C]=O. The summed E-state index contributed by atoms with van der Waals surface area (Å²) in [5, 5.41) is 0. The van der Waals surface area contributed by atoms with Crippen LogP contribution in [0.2, 0.25) is 0 Å². The van der Waals surface area contributed by atoms with Gasteiger partial charge in [0, 0.05) is 6.92 Å². The first kappa shape index (κ1) is 9.94. The molecule has 63 valence electrons. The minimum Gasteiger partial charge on any atom is -0.462 e. The molecule has 0 aromatic rings. The molecule has 0 aromatic heterocycles. The summed E-state index contributed by atoms with van der Waals surface area (Å²) in [6.45, 7) is 5.89. The van der Waals surface area contributed by atoms with E-state index in [-0.39, 0.29) is 6.61 Å². The van der Waals surface area contributed by atoms with E-state index in [1.54, 1.807) is 13.8 Å². The Morgan fingerprint density at radius 2 is 2.09 bits per heavy atom. The van der Waals surface area contributed by atoms with Crippen LogP contribution in [0, 0.1) is 0 Å². The fourth-order valence-electron chi connectivity index (χ4n) is 0.418. The molecular weight excluding hydrogens is 148 g/mol. The van der Waals surface area contributed by atoms with E-state index in [0.29, 0.717) is 0 Å². The first-order valence-electron chi connectivity index (χ1n) is 3.16. The smallest absolute Gasteiger partial charge is 0.418 e. The van der Waals surface area contributed by atoms with Gasteiger partial charge in [0.05, 0.1) is 0 Å². The minimum absolute atomic E-state index is 0.0531. The largest absolute Gasteiger partial charge is 0.462 e. The maximum absolute atomic E-state index is 10.3. The summed E-state index contributed by atoms with van der Waals surface area (Å²) in [7, 11) is 0. The second-order valence-corrected chi connectivity index (χ2v) is 2.73. The van der Waals surface area contributed by atoms with Crippen molar-refractivity contribution >= 4 is 12.4 Å². The van der Waals surface area contributed by atoms with Gasteiger partial charge in [-0.3, -0.25) is 4.79 Å². The number of hydrogen-bond acceptors (Lipinski definition) is 4. The molecule has 0 atom stereocenters. The van der Waals surface area contributed by atoms with Crippen LogP contribution in [0.15, 0.2) is 0 Å². The molecule has 0 bridgehead atoms. The molecule has 0 fully saturated rings. The third-order valence-corrected chi connectivity index (χ3v) is 0.941. The first-order chi connectivity index (χ1) is 4.98. The van der Waals surface area contributed by atoms with Crippen molar-refractivity contribution < 1.29 is 19.1 Å². The van der Waals surface area contributed by atoms with Gasteiger partial charge in [-0.1, -0.05) is 0 Å². The fraction of sp³-hybridized carbons (Fsp3) is 0.714. The Morgan fingerprint density at radius 3 is 2.45 bits per heavy atom. The Morgan fingerprint density at radius 1 is 1.55 bits per heavy atom. The zero-order chi connectivity index (χ0) is 8.91. The molecule has 0 spiro atoms. The number of ether oxygens (including phenoxy) is 2. The van der Waals surface area contributed by atoms with Crippen LogP contribution in [0.25, 0.3) is 0 Å². The van der Waals surface area contributed by atoms with Gasteiger partial charge in [0.15, 0.2) is 0 Å². The van der Waals surface area contributed by atoms with E-state index in [2.05, 4.69) is 9.47 Å². The Balaban J connectivity index is 3.71. The molecule has 4 heteroatoms. The molecule has 4 nitrogen and oxygen atoms in total. The first-order valence-corrected chi connectivity index (χ1v) is 3.16.